The molecule has 2 atom stereocenters. The van der Waals surface area contributed by atoms with Gasteiger partial charge in [-0.15, -0.1) is 0 Å². The maximum Gasteiger partial charge on any atom is 0.274 e. The maximum atomic E-state index is 12.4. The third-order valence-electron chi connectivity index (χ3n) is 4.69. The second kappa shape index (κ2) is 10.2. The lowest BCUT2D eigenvalue weighted by Gasteiger charge is -2.18. The fourth-order valence-electron chi connectivity index (χ4n) is 3.05. The Morgan fingerprint density at radius 3 is 3.13 bits per heavy atom. The van der Waals surface area contributed by atoms with Crippen molar-refractivity contribution in [2.45, 2.75) is 38.8 Å². The molecule has 160 valence electrons. The van der Waals surface area contributed by atoms with Crippen molar-refractivity contribution in [2.75, 3.05) is 31.6 Å². The minimum atomic E-state index is -0.230. The number of nitrogens with zero attached hydrogens (tertiary/aromatic N) is 4. The van der Waals surface area contributed by atoms with E-state index in [1.54, 1.807) is 18.0 Å². The molecular formula is C19H24N6O4S. The maximum absolute atomic E-state index is 12.4. The molecule has 1 amide bonds. The minimum Gasteiger partial charge on any atom is -0.465 e. The van der Waals surface area contributed by atoms with Gasteiger partial charge >= 0.3 is 0 Å². The van der Waals surface area contributed by atoms with Crippen LogP contribution in [0.5, 0.6) is 5.19 Å². The molecule has 3 rings (SSSR count). The van der Waals surface area contributed by atoms with E-state index < -0.39 is 0 Å². The van der Waals surface area contributed by atoms with Gasteiger partial charge in [-0.2, -0.15) is 10.4 Å². The summed E-state index contributed by atoms with van der Waals surface area (Å²) in [6, 6.07) is 1.99. The molecule has 1 unspecified atom stereocenters. The number of carbonyl (C=O) groups excluding carboxylic acids is 1. The van der Waals surface area contributed by atoms with Crippen LogP contribution >= 0.6 is 11.3 Å². The number of carbonyl (C=O) groups is 1. The highest BCUT2D eigenvalue weighted by atomic mass is 32.1. The number of aromatic nitrogens is 3. The van der Waals surface area contributed by atoms with Gasteiger partial charge in [-0.1, -0.05) is 11.3 Å². The average molecular weight is 433 g/mol. The van der Waals surface area contributed by atoms with Crippen molar-refractivity contribution in [2.24, 2.45) is 0 Å². The van der Waals surface area contributed by atoms with Crippen LogP contribution in [0.3, 0.4) is 0 Å². The van der Waals surface area contributed by atoms with Gasteiger partial charge in [0.15, 0.2) is 0 Å². The number of nitrogens with one attached hydrogen (secondary N) is 2. The molecule has 0 aromatic carbocycles. The summed E-state index contributed by atoms with van der Waals surface area (Å²) in [5.41, 5.74) is 1.00. The van der Waals surface area contributed by atoms with E-state index in [9.17, 15) is 9.59 Å². The molecule has 11 heteroatoms. The van der Waals surface area contributed by atoms with Gasteiger partial charge in [-0.05, 0) is 13.8 Å². The molecule has 1 fully saturated rings. The smallest absolute Gasteiger partial charge is 0.274 e. The van der Waals surface area contributed by atoms with E-state index in [0.717, 1.165) is 6.42 Å². The molecular weight excluding hydrogens is 408 g/mol. The zero-order chi connectivity index (χ0) is 21.5. The van der Waals surface area contributed by atoms with Crippen LogP contribution in [0, 0.1) is 18.3 Å². The molecule has 1 aliphatic heterocycles. The Labute approximate surface area is 177 Å². The Bertz CT molecular complexity index is 968. The number of aromatic amines is 1. The van der Waals surface area contributed by atoms with Crippen molar-refractivity contribution in [1.82, 2.24) is 20.1 Å². The molecule has 0 bridgehead atoms. The number of thiazole rings is 1. The van der Waals surface area contributed by atoms with E-state index in [-0.39, 0.29) is 23.6 Å². The predicted octanol–water partition coefficient (Wildman–Crippen LogP) is 1.29. The van der Waals surface area contributed by atoms with E-state index in [0.29, 0.717) is 54.0 Å². The summed E-state index contributed by atoms with van der Waals surface area (Å²) in [7, 11) is 0. The van der Waals surface area contributed by atoms with E-state index in [2.05, 4.69) is 20.5 Å². The van der Waals surface area contributed by atoms with Crippen LogP contribution in [-0.4, -0.2) is 64.4 Å². The molecule has 0 aliphatic carbocycles. The Kier molecular flexibility index (Phi) is 7.37. The van der Waals surface area contributed by atoms with E-state index in [1.807, 2.05) is 13.0 Å². The highest BCUT2D eigenvalue weighted by Gasteiger charge is 2.28. The largest absolute Gasteiger partial charge is 0.465 e. The van der Waals surface area contributed by atoms with Crippen LogP contribution in [0.15, 0.2) is 17.2 Å². The summed E-state index contributed by atoms with van der Waals surface area (Å²) in [5, 5.41) is 18.6. The van der Waals surface area contributed by atoms with Crippen molar-refractivity contribution in [1.29, 1.82) is 5.26 Å². The third kappa shape index (κ3) is 5.77. The standard InChI is InChI=1S/C19H24N6O4S/c1-12(23-16-9-22-24-18(27)13(16)2)11-28-6-4-17(26)25-5-3-14(10-25)29-19-21-8-15(7-20)30-19/h8-9,12,14H,3-6,10-11H2,1-2H3,(H2,23,24,27)/t12-,14?/m0/s1. The van der Waals surface area contributed by atoms with Crippen LogP contribution in [0.2, 0.25) is 0 Å². The van der Waals surface area contributed by atoms with E-state index in [1.165, 1.54) is 17.5 Å². The topological polar surface area (TPSA) is 133 Å². The first-order valence-corrected chi connectivity index (χ1v) is 10.5. The second-order valence-corrected chi connectivity index (χ2v) is 8.07. The molecule has 3 heterocycles. The minimum absolute atomic E-state index is 0.0215. The molecule has 0 saturated carbocycles. The SMILES string of the molecule is Cc1c(N[C@@H](C)COCCC(=O)N2CCC(Oc3ncc(C#N)s3)C2)cn[nH]c1=O. The molecule has 2 aromatic rings. The molecule has 0 radical (unpaired) electrons. The molecule has 30 heavy (non-hydrogen) atoms. The van der Waals surface area contributed by atoms with Gasteiger partial charge in [0.1, 0.15) is 17.1 Å². The number of nitriles is 1. The van der Waals surface area contributed by atoms with Gasteiger partial charge in [0.25, 0.3) is 10.8 Å². The number of hydrogen-bond donors (Lipinski definition) is 2. The summed E-state index contributed by atoms with van der Waals surface area (Å²) < 4.78 is 11.4. The zero-order valence-electron chi connectivity index (χ0n) is 16.9. The monoisotopic (exact) mass is 432 g/mol. The second-order valence-electron chi connectivity index (χ2n) is 7.08. The van der Waals surface area contributed by atoms with Gasteiger partial charge < -0.3 is 19.7 Å². The number of H-pyrrole nitrogens is 1. The van der Waals surface area contributed by atoms with E-state index in [4.69, 9.17) is 14.7 Å². The van der Waals surface area contributed by atoms with Crippen LogP contribution < -0.4 is 15.6 Å². The molecule has 0 spiro atoms. The average Bonchev–Trinajstić information content (AvgIpc) is 3.38. The lowest BCUT2D eigenvalue weighted by Crippen LogP contribution is -2.32. The Balaban J connectivity index is 1.34. The first kappa shape index (κ1) is 21.7. The van der Waals surface area contributed by atoms with Gasteiger partial charge in [0, 0.05) is 24.6 Å². The summed E-state index contributed by atoms with van der Waals surface area (Å²) in [4.78, 5) is 30.3. The lowest BCUT2D eigenvalue weighted by molar-refractivity contribution is -0.131. The highest BCUT2D eigenvalue weighted by molar-refractivity contribution is 7.13. The molecule has 2 N–H and O–H groups in total. The third-order valence-corrected chi connectivity index (χ3v) is 5.49. The van der Waals surface area contributed by atoms with Crippen LogP contribution in [0.4, 0.5) is 5.69 Å². The summed E-state index contributed by atoms with van der Waals surface area (Å²) in [6.45, 7) is 5.51. The first-order chi connectivity index (χ1) is 14.5. The highest BCUT2D eigenvalue weighted by Crippen LogP contribution is 2.23. The summed E-state index contributed by atoms with van der Waals surface area (Å²) in [6.07, 6.45) is 3.97. The normalized spacial score (nSPS) is 16.8. The van der Waals surface area contributed by atoms with Gasteiger partial charge in [-0.25, -0.2) is 10.1 Å². The number of hydrogen-bond acceptors (Lipinski definition) is 9. The molecule has 1 aliphatic rings. The Morgan fingerprint density at radius 2 is 2.37 bits per heavy atom. The van der Waals surface area contributed by atoms with Crippen molar-refractivity contribution < 1.29 is 14.3 Å². The van der Waals surface area contributed by atoms with Crippen molar-refractivity contribution in [3.05, 3.63) is 33.2 Å². The van der Waals surface area contributed by atoms with E-state index >= 15 is 0 Å². The van der Waals surface area contributed by atoms with Gasteiger partial charge in [0.2, 0.25) is 5.91 Å². The quantitative estimate of drug-likeness (QED) is 0.566. The fourth-order valence-corrected chi connectivity index (χ4v) is 3.68. The van der Waals surface area contributed by atoms with Crippen LogP contribution in [0.1, 0.15) is 30.2 Å². The van der Waals surface area contributed by atoms with Crippen LogP contribution in [0.25, 0.3) is 0 Å². The summed E-state index contributed by atoms with van der Waals surface area (Å²) in [5.74, 6) is 0.0215. The fraction of sp³-hybridized carbons (Fsp3) is 0.526. The Hall–Kier alpha value is -2.97. The van der Waals surface area contributed by atoms with Crippen molar-refractivity contribution >= 4 is 22.9 Å². The lowest BCUT2D eigenvalue weighted by atomic mass is 10.2. The van der Waals surface area contributed by atoms with Crippen molar-refractivity contribution in [3.8, 4) is 11.3 Å². The van der Waals surface area contributed by atoms with Gasteiger partial charge in [0.05, 0.1) is 44.3 Å². The molecule has 1 saturated heterocycles. The van der Waals surface area contributed by atoms with Gasteiger partial charge in [-0.3, -0.25) is 9.59 Å². The van der Waals surface area contributed by atoms with Crippen molar-refractivity contribution in [3.63, 3.8) is 0 Å². The number of likely N-dealkylation sites (tertiary alicyclic amines) is 1. The number of ether oxygens (including phenoxy) is 2. The van der Waals surface area contributed by atoms with Crippen LogP contribution in [-0.2, 0) is 9.53 Å². The zero-order valence-corrected chi connectivity index (χ0v) is 17.7. The predicted molar refractivity (Wildman–Crippen MR) is 111 cm³/mol. The molecule has 10 nitrogen and oxygen atoms in total. The number of rotatable bonds is 9. The Morgan fingerprint density at radius 1 is 1.53 bits per heavy atom. The number of anilines is 1. The number of amides is 1. The molecule has 2 aromatic heterocycles. The summed E-state index contributed by atoms with van der Waals surface area (Å²) >= 11 is 1.20. The first-order valence-electron chi connectivity index (χ1n) is 9.65.